The van der Waals surface area contributed by atoms with Gasteiger partial charge >= 0.3 is 5.69 Å². The van der Waals surface area contributed by atoms with E-state index >= 15 is 0 Å². The van der Waals surface area contributed by atoms with Gasteiger partial charge in [-0.15, -0.1) is 0 Å². The van der Waals surface area contributed by atoms with E-state index < -0.39 is 6.10 Å². The molecule has 7 heteroatoms. The summed E-state index contributed by atoms with van der Waals surface area (Å²) in [5.41, 5.74) is 2.09. The van der Waals surface area contributed by atoms with Crippen molar-refractivity contribution in [3.8, 4) is 0 Å². The van der Waals surface area contributed by atoms with Gasteiger partial charge in [-0.25, -0.2) is 4.79 Å². The minimum absolute atomic E-state index is 0.107. The molecule has 0 aliphatic rings. The smallest absolute Gasteiger partial charge is 0.328 e. The number of fused-ring (bicyclic) bond motifs is 1. The van der Waals surface area contributed by atoms with E-state index in [0.717, 1.165) is 15.5 Å². The van der Waals surface area contributed by atoms with Crippen molar-refractivity contribution in [2.24, 2.45) is 14.1 Å². The first-order chi connectivity index (χ1) is 9.90. The summed E-state index contributed by atoms with van der Waals surface area (Å²) in [7, 11) is 3.43. The number of aryl methyl sites for hydroxylation is 2. The standard InChI is InChI=1S/C14H12Br2N2O3/c1-17-9-5-7(13(19)11-3-4-12(16)21-11)8(15)6-10(9)18(2)14(17)20/h3-6,13,19H,1-2H3. The van der Waals surface area contributed by atoms with Gasteiger partial charge in [-0.1, -0.05) is 15.9 Å². The molecule has 1 atom stereocenters. The predicted molar refractivity (Wildman–Crippen MR) is 86.3 cm³/mol. The summed E-state index contributed by atoms with van der Waals surface area (Å²) in [5.74, 6) is 0.433. The molecule has 2 heterocycles. The van der Waals surface area contributed by atoms with Crippen LogP contribution in [0.5, 0.6) is 0 Å². The summed E-state index contributed by atoms with van der Waals surface area (Å²) in [4.78, 5) is 12.0. The zero-order valence-electron chi connectivity index (χ0n) is 11.3. The lowest BCUT2D eigenvalue weighted by Gasteiger charge is -2.11. The maximum absolute atomic E-state index is 12.0. The highest BCUT2D eigenvalue weighted by molar-refractivity contribution is 9.10. The molecule has 5 nitrogen and oxygen atoms in total. The van der Waals surface area contributed by atoms with Crippen LogP contribution in [0.2, 0.25) is 0 Å². The highest BCUT2D eigenvalue weighted by Gasteiger charge is 2.20. The van der Waals surface area contributed by atoms with Crippen LogP contribution in [0.15, 0.2) is 42.6 Å². The molecule has 0 radical (unpaired) electrons. The van der Waals surface area contributed by atoms with Crippen molar-refractivity contribution < 1.29 is 9.52 Å². The fourth-order valence-corrected chi connectivity index (χ4v) is 3.24. The molecule has 0 bridgehead atoms. The average Bonchev–Trinajstić information content (AvgIpc) is 2.97. The van der Waals surface area contributed by atoms with Crippen LogP contribution < -0.4 is 5.69 Å². The maximum atomic E-state index is 12.0. The van der Waals surface area contributed by atoms with Crippen molar-refractivity contribution in [2.75, 3.05) is 0 Å². The van der Waals surface area contributed by atoms with Gasteiger partial charge in [0, 0.05) is 24.1 Å². The van der Waals surface area contributed by atoms with Gasteiger partial charge in [-0.05, 0) is 40.2 Å². The Hall–Kier alpha value is -1.31. The van der Waals surface area contributed by atoms with Crippen molar-refractivity contribution in [3.05, 3.63) is 55.2 Å². The summed E-state index contributed by atoms with van der Waals surface area (Å²) in [6.45, 7) is 0. The fraction of sp³-hybridized carbons (Fsp3) is 0.214. The molecular weight excluding hydrogens is 404 g/mol. The minimum Gasteiger partial charge on any atom is -0.451 e. The fourth-order valence-electron chi connectivity index (χ4n) is 2.37. The van der Waals surface area contributed by atoms with Crippen LogP contribution >= 0.6 is 31.9 Å². The highest BCUT2D eigenvalue weighted by atomic mass is 79.9. The van der Waals surface area contributed by atoms with Crippen LogP contribution in [-0.4, -0.2) is 14.2 Å². The number of hydrogen-bond donors (Lipinski definition) is 1. The van der Waals surface area contributed by atoms with Crippen LogP contribution in [0.4, 0.5) is 0 Å². The quantitative estimate of drug-likeness (QED) is 0.699. The largest absolute Gasteiger partial charge is 0.451 e. The predicted octanol–water partition coefficient (Wildman–Crippen LogP) is 3.08. The summed E-state index contributed by atoms with van der Waals surface area (Å²) in [6.07, 6.45) is -0.912. The molecule has 3 aromatic rings. The maximum Gasteiger partial charge on any atom is 0.328 e. The van der Waals surface area contributed by atoms with Crippen molar-refractivity contribution in [1.82, 2.24) is 9.13 Å². The Kier molecular flexibility index (Phi) is 3.59. The molecule has 1 N–H and O–H groups in total. The third-order valence-corrected chi connectivity index (χ3v) is 4.66. The van der Waals surface area contributed by atoms with E-state index in [0.29, 0.717) is 16.0 Å². The van der Waals surface area contributed by atoms with Gasteiger partial charge in [0.1, 0.15) is 11.9 Å². The third-order valence-electron chi connectivity index (χ3n) is 3.55. The van der Waals surface area contributed by atoms with E-state index in [2.05, 4.69) is 31.9 Å². The minimum atomic E-state index is -0.912. The Morgan fingerprint density at radius 1 is 1.14 bits per heavy atom. The second kappa shape index (κ2) is 5.15. The lowest BCUT2D eigenvalue weighted by Crippen LogP contribution is -2.19. The number of nitrogens with zero attached hydrogens (tertiary/aromatic N) is 2. The molecule has 3 rings (SSSR count). The van der Waals surface area contributed by atoms with Crippen LogP contribution in [0, 0.1) is 0 Å². The Labute approximate surface area is 137 Å². The number of imidazole rings is 1. The van der Waals surface area contributed by atoms with Gasteiger partial charge in [0.15, 0.2) is 4.67 Å². The first-order valence-electron chi connectivity index (χ1n) is 6.18. The van der Waals surface area contributed by atoms with E-state index in [9.17, 15) is 9.90 Å². The van der Waals surface area contributed by atoms with Gasteiger partial charge in [-0.2, -0.15) is 0 Å². The normalized spacial score (nSPS) is 13.0. The van der Waals surface area contributed by atoms with Gasteiger partial charge in [0.2, 0.25) is 0 Å². The lowest BCUT2D eigenvalue weighted by molar-refractivity contribution is 0.187. The van der Waals surface area contributed by atoms with Crippen molar-refractivity contribution in [2.45, 2.75) is 6.10 Å². The number of rotatable bonds is 2. The summed E-state index contributed by atoms with van der Waals surface area (Å²) < 4.78 is 9.79. The SMILES string of the molecule is Cn1c(=O)n(C)c2cc(C(O)c3ccc(Br)o3)c(Br)cc21. The average molecular weight is 416 g/mol. The number of aliphatic hydroxyl groups is 1. The number of halogens is 2. The summed E-state index contributed by atoms with van der Waals surface area (Å²) in [5, 5.41) is 10.5. The van der Waals surface area contributed by atoms with E-state index in [4.69, 9.17) is 4.42 Å². The van der Waals surface area contributed by atoms with E-state index in [-0.39, 0.29) is 5.69 Å². The van der Waals surface area contributed by atoms with Gasteiger partial charge in [0.25, 0.3) is 0 Å². The summed E-state index contributed by atoms with van der Waals surface area (Å²) in [6, 6.07) is 7.05. The van der Waals surface area contributed by atoms with E-state index in [1.54, 1.807) is 41.4 Å². The lowest BCUT2D eigenvalue weighted by atomic mass is 10.1. The molecule has 1 unspecified atom stereocenters. The monoisotopic (exact) mass is 414 g/mol. The van der Waals surface area contributed by atoms with Crippen molar-refractivity contribution in [3.63, 3.8) is 0 Å². The molecule has 110 valence electrons. The number of furan rings is 1. The molecule has 0 amide bonds. The molecule has 0 aliphatic heterocycles. The van der Waals surface area contributed by atoms with E-state index in [1.165, 1.54) is 0 Å². The molecule has 21 heavy (non-hydrogen) atoms. The number of aromatic nitrogens is 2. The Balaban J connectivity index is 2.21. The van der Waals surface area contributed by atoms with Crippen molar-refractivity contribution in [1.29, 1.82) is 0 Å². The first-order valence-corrected chi connectivity index (χ1v) is 7.77. The molecule has 0 fully saturated rings. The second-order valence-corrected chi connectivity index (χ2v) is 6.44. The number of hydrogen-bond acceptors (Lipinski definition) is 3. The summed E-state index contributed by atoms with van der Waals surface area (Å²) >= 11 is 6.67. The van der Waals surface area contributed by atoms with Crippen LogP contribution in [0.1, 0.15) is 17.4 Å². The number of benzene rings is 1. The van der Waals surface area contributed by atoms with Crippen LogP contribution in [-0.2, 0) is 14.1 Å². The second-order valence-electron chi connectivity index (χ2n) is 4.81. The van der Waals surface area contributed by atoms with Crippen LogP contribution in [0.3, 0.4) is 0 Å². The molecule has 1 aromatic carbocycles. The van der Waals surface area contributed by atoms with Crippen molar-refractivity contribution >= 4 is 42.9 Å². The van der Waals surface area contributed by atoms with Gasteiger partial charge in [-0.3, -0.25) is 9.13 Å². The molecule has 0 saturated heterocycles. The molecule has 0 spiro atoms. The van der Waals surface area contributed by atoms with Gasteiger partial charge in [0.05, 0.1) is 11.0 Å². The van der Waals surface area contributed by atoms with E-state index in [1.807, 2.05) is 6.07 Å². The Bertz CT molecular complexity index is 892. The zero-order chi connectivity index (χ0) is 15.3. The third kappa shape index (κ3) is 2.29. The first kappa shape index (κ1) is 14.6. The zero-order valence-corrected chi connectivity index (χ0v) is 14.5. The molecule has 0 saturated carbocycles. The number of aliphatic hydroxyl groups excluding tert-OH is 1. The Morgan fingerprint density at radius 2 is 1.76 bits per heavy atom. The molecular formula is C14H12Br2N2O3. The topological polar surface area (TPSA) is 60.3 Å². The molecule has 2 aromatic heterocycles. The van der Waals surface area contributed by atoms with Gasteiger partial charge < -0.3 is 9.52 Å². The Morgan fingerprint density at radius 3 is 2.33 bits per heavy atom. The van der Waals surface area contributed by atoms with Crippen LogP contribution in [0.25, 0.3) is 11.0 Å². The molecule has 0 aliphatic carbocycles. The highest BCUT2D eigenvalue weighted by Crippen LogP contribution is 2.33.